The Morgan fingerprint density at radius 2 is 2.05 bits per heavy atom. The highest BCUT2D eigenvalue weighted by atomic mass is 16.5. The van der Waals surface area contributed by atoms with E-state index >= 15 is 0 Å². The van der Waals surface area contributed by atoms with Crippen molar-refractivity contribution in [1.82, 2.24) is 4.90 Å². The molecule has 1 saturated heterocycles. The molecule has 108 valence electrons. The SMILES string of the molecule is COc1ccccc1C1C(C(=O)O)CC(=O)N1C(C)C. The molecular weight excluding hydrogens is 258 g/mol. The van der Waals surface area contributed by atoms with Crippen molar-refractivity contribution < 1.29 is 19.4 Å². The highest BCUT2D eigenvalue weighted by Gasteiger charge is 2.46. The maximum Gasteiger partial charge on any atom is 0.309 e. The molecule has 0 aromatic heterocycles. The Hall–Kier alpha value is -2.04. The fourth-order valence-corrected chi connectivity index (χ4v) is 2.86. The zero-order valence-corrected chi connectivity index (χ0v) is 11.9. The third-order valence-corrected chi connectivity index (χ3v) is 3.69. The summed E-state index contributed by atoms with van der Waals surface area (Å²) in [5, 5.41) is 9.41. The first-order valence-electron chi connectivity index (χ1n) is 6.64. The molecule has 1 aromatic rings. The third-order valence-electron chi connectivity index (χ3n) is 3.69. The molecule has 20 heavy (non-hydrogen) atoms. The van der Waals surface area contributed by atoms with E-state index in [-0.39, 0.29) is 18.4 Å². The Labute approximate surface area is 118 Å². The van der Waals surface area contributed by atoms with Crippen molar-refractivity contribution in [3.63, 3.8) is 0 Å². The van der Waals surface area contributed by atoms with E-state index in [0.29, 0.717) is 5.75 Å². The lowest BCUT2D eigenvalue weighted by molar-refractivity contribution is -0.142. The topological polar surface area (TPSA) is 66.8 Å². The largest absolute Gasteiger partial charge is 0.496 e. The van der Waals surface area contributed by atoms with Gasteiger partial charge in [-0.2, -0.15) is 0 Å². The normalized spacial score (nSPS) is 22.4. The average molecular weight is 277 g/mol. The van der Waals surface area contributed by atoms with E-state index in [1.54, 1.807) is 18.1 Å². The van der Waals surface area contributed by atoms with Gasteiger partial charge in [-0.3, -0.25) is 9.59 Å². The molecule has 0 bridgehead atoms. The molecule has 0 radical (unpaired) electrons. The molecule has 2 atom stereocenters. The summed E-state index contributed by atoms with van der Waals surface area (Å²) < 4.78 is 5.32. The molecule has 1 aromatic carbocycles. The number of nitrogens with zero attached hydrogens (tertiary/aromatic N) is 1. The monoisotopic (exact) mass is 277 g/mol. The van der Waals surface area contributed by atoms with Gasteiger partial charge < -0.3 is 14.7 Å². The number of carboxylic acid groups (broad SMARTS) is 1. The first-order chi connectivity index (χ1) is 9.47. The number of carbonyl (C=O) groups is 2. The number of hydrogen-bond acceptors (Lipinski definition) is 3. The quantitative estimate of drug-likeness (QED) is 0.915. The second-order valence-electron chi connectivity index (χ2n) is 5.23. The van der Waals surface area contributed by atoms with E-state index in [1.165, 1.54) is 0 Å². The molecule has 0 aliphatic carbocycles. The Kier molecular flexibility index (Phi) is 3.97. The Morgan fingerprint density at radius 3 is 2.60 bits per heavy atom. The molecule has 1 heterocycles. The zero-order chi connectivity index (χ0) is 14.9. The van der Waals surface area contributed by atoms with Crippen LogP contribution in [0.25, 0.3) is 0 Å². The van der Waals surface area contributed by atoms with Crippen LogP contribution in [0.1, 0.15) is 31.9 Å². The zero-order valence-electron chi connectivity index (χ0n) is 11.9. The number of benzene rings is 1. The fourth-order valence-electron chi connectivity index (χ4n) is 2.86. The number of ether oxygens (including phenoxy) is 1. The van der Waals surface area contributed by atoms with Crippen molar-refractivity contribution in [2.75, 3.05) is 7.11 Å². The number of methoxy groups -OCH3 is 1. The smallest absolute Gasteiger partial charge is 0.309 e. The average Bonchev–Trinajstić information content (AvgIpc) is 2.76. The van der Waals surface area contributed by atoms with Crippen molar-refractivity contribution >= 4 is 11.9 Å². The minimum atomic E-state index is -0.947. The number of rotatable bonds is 4. The summed E-state index contributed by atoms with van der Waals surface area (Å²) in [5.74, 6) is -1.19. The Bertz CT molecular complexity index is 526. The lowest BCUT2D eigenvalue weighted by Gasteiger charge is -2.31. The summed E-state index contributed by atoms with van der Waals surface area (Å²) in [5.41, 5.74) is 0.752. The maximum atomic E-state index is 12.1. The van der Waals surface area contributed by atoms with Gasteiger partial charge in [-0.05, 0) is 19.9 Å². The van der Waals surface area contributed by atoms with Gasteiger partial charge >= 0.3 is 5.97 Å². The van der Waals surface area contributed by atoms with Crippen LogP contribution >= 0.6 is 0 Å². The third kappa shape index (κ3) is 2.35. The highest BCUT2D eigenvalue weighted by molar-refractivity contribution is 5.87. The molecule has 1 fully saturated rings. The van der Waals surface area contributed by atoms with E-state index in [1.807, 2.05) is 32.0 Å². The molecule has 1 aliphatic rings. The van der Waals surface area contributed by atoms with Gasteiger partial charge in [-0.1, -0.05) is 18.2 Å². The standard InChI is InChI=1S/C15H19NO4/c1-9(2)16-13(17)8-11(15(18)19)14(16)10-6-4-5-7-12(10)20-3/h4-7,9,11,14H,8H2,1-3H3,(H,18,19). The summed E-state index contributed by atoms with van der Waals surface area (Å²) in [7, 11) is 1.55. The van der Waals surface area contributed by atoms with Crippen molar-refractivity contribution in [1.29, 1.82) is 0 Å². The first-order valence-corrected chi connectivity index (χ1v) is 6.64. The van der Waals surface area contributed by atoms with E-state index in [9.17, 15) is 14.7 Å². The number of aliphatic carboxylic acids is 1. The molecule has 1 N–H and O–H groups in total. The molecule has 0 spiro atoms. The van der Waals surface area contributed by atoms with Crippen LogP contribution < -0.4 is 4.74 Å². The Morgan fingerprint density at radius 1 is 1.40 bits per heavy atom. The van der Waals surface area contributed by atoms with Gasteiger partial charge in [0.25, 0.3) is 0 Å². The lowest BCUT2D eigenvalue weighted by Crippen LogP contribution is -2.36. The summed E-state index contributed by atoms with van der Waals surface area (Å²) in [6.07, 6.45) is 0.0379. The van der Waals surface area contributed by atoms with Gasteiger partial charge in [0.15, 0.2) is 0 Å². The summed E-state index contributed by atoms with van der Waals surface area (Å²) >= 11 is 0. The van der Waals surface area contributed by atoms with Gasteiger partial charge in [0.05, 0.1) is 19.1 Å². The predicted octanol–water partition coefficient (Wildman–Crippen LogP) is 2.08. The van der Waals surface area contributed by atoms with Crippen molar-refractivity contribution in [2.24, 2.45) is 5.92 Å². The van der Waals surface area contributed by atoms with E-state index in [2.05, 4.69) is 0 Å². The number of hydrogen-bond donors (Lipinski definition) is 1. The number of carboxylic acids is 1. The van der Waals surface area contributed by atoms with Crippen LogP contribution in [0, 0.1) is 5.92 Å². The van der Waals surface area contributed by atoms with Crippen LogP contribution in [0.3, 0.4) is 0 Å². The molecule has 5 nitrogen and oxygen atoms in total. The van der Waals surface area contributed by atoms with Crippen molar-refractivity contribution in [3.8, 4) is 5.75 Å². The molecule has 2 unspecified atom stereocenters. The molecule has 1 amide bonds. The van der Waals surface area contributed by atoms with Gasteiger partial charge in [0, 0.05) is 18.0 Å². The minimum Gasteiger partial charge on any atom is -0.496 e. The van der Waals surface area contributed by atoms with Crippen molar-refractivity contribution in [3.05, 3.63) is 29.8 Å². The van der Waals surface area contributed by atoms with Crippen LogP contribution in [0.4, 0.5) is 0 Å². The Balaban J connectivity index is 2.52. The lowest BCUT2D eigenvalue weighted by atomic mass is 9.92. The number of likely N-dealkylation sites (tertiary alicyclic amines) is 1. The second kappa shape index (κ2) is 5.53. The molecule has 2 rings (SSSR count). The molecule has 1 aliphatic heterocycles. The van der Waals surface area contributed by atoms with Gasteiger partial charge in [0.1, 0.15) is 5.75 Å². The van der Waals surface area contributed by atoms with Gasteiger partial charge in [0.2, 0.25) is 5.91 Å². The van der Waals surface area contributed by atoms with Crippen LogP contribution in [-0.2, 0) is 9.59 Å². The van der Waals surface area contributed by atoms with Gasteiger partial charge in [-0.15, -0.1) is 0 Å². The first kappa shape index (κ1) is 14.4. The molecule has 5 heteroatoms. The summed E-state index contributed by atoms with van der Waals surface area (Å²) in [4.78, 5) is 25.3. The van der Waals surface area contributed by atoms with E-state index in [4.69, 9.17) is 4.74 Å². The highest BCUT2D eigenvalue weighted by Crippen LogP contribution is 2.42. The van der Waals surface area contributed by atoms with Crippen LogP contribution in [0.5, 0.6) is 5.75 Å². The summed E-state index contributed by atoms with van der Waals surface area (Å²) in [6, 6.07) is 6.74. The van der Waals surface area contributed by atoms with E-state index < -0.39 is 17.9 Å². The number of carbonyl (C=O) groups excluding carboxylic acids is 1. The van der Waals surface area contributed by atoms with Gasteiger partial charge in [-0.25, -0.2) is 0 Å². The van der Waals surface area contributed by atoms with Crippen molar-refractivity contribution in [2.45, 2.75) is 32.4 Å². The number of para-hydroxylation sites is 1. The second-order valence-corrected chi connectivity index (χ2v) is 5.23. The fraction of sp³-hybridized carbons (Fsp3) is 0.467. The van der Waals surface area contributed by atoms with Crippen LogP contribution in [-0.4, -0.2) is 35.0 Å². The van der Waals surface area contributed by atoms with Crippen LogP contribution in [0.15, 0.2) is 24.3 Å². The van der Waals surface area contributed by atoms with Crippen LogP contribution in [0.2, 0.25) is 0 Å². The molecular formula is C15H19NO4. The van der Waals surface area contributed by atoms with E-state index in [0.717, 1.165) is 5.56 Å². The minimum absolute atomic E-state index is 0.0379. The predicted molar refractivity (Wildman–Crippen MR) is 73.5 cm³/mol. The summed E-state index contributed by atoms with van der Waals surface area (Å²) in [6.45, 7) is 3.79. The number of amides is 1. The maximum absolute atomic E-state index is 12.1. The molecule has 0 saturated carbocycles.